The number of hydrogen-bond acceptors (Lipinski definition) is 4. The molecule has 0 aliphatic carbocycles. The van der Waals surface area contributed by atoms with Crippen molar-refractivity contribution in [3.05, 3.63) is 82.6 Å². The molecule has 3 aromatic carbocycles. The van der Waals surface area contributed by atoms with Crippen molar-refractivity contribution in [2.24, 2.45) is 5.92 Å². The predicted octanol–water partition coefficient (Wildman–Crippen LogP) is 5.81. The number of anilines is 1. The van der Waals surface area contributed by atoms with E-state index in [2.05, 4.69) is 63.5 Å². The van der Waals surface area contributed by atoms with Gasteiger partial charge < -0.3 is 20.2 Å². The van der Waals surface area contributed by atoms with E-state index in [1.165, 1.54) is 37.1 Å². The highest BCUT2D eigenvalue weighted by atomic mass is 16.1. The zero-order chi connectivity index (χ0) is 24.9. The Morgan fingerprint density at radius 3 is 2.46 bits per heavy atom. The van der Waals surface area contributed by atoms with E-state index in [9.17, 15) is 4.79 Å². The molecule has 6 nitrogen and oxygen atoms in total. The summed E-state index contributed by atoms with van der Waals surface area (Å²) in [6, 6.07) is 23.3. The van der Waals surface area contributed by atoms with Crippen LogP contribution in [0.3, 0.4) is 0 Å². The molecule has 0 saturated carbocycles. The average molecular weight is 490 g/mol. The number of aromatic nitrogens is 3. The first kappa shape index (κ1) is 22.3. The fraction of sp³-hybridized carbons (Fsp3) is 0.290. The van der Waals surface area contributed by atoms with Gasteiger partial charge in [0, 0.05) is 18.0 Å². The molecular formula is C31H31N5O. The number of pyridine rings is 1. The summed E-state index contributed by atoms with van der Waals surface area (Å²) in [5, 5.41) is 4.90. The van der Waals surface area contributed by atoms with Crippen LogP contribution in [-0.4, -0.2) is 45.5 Å². The molecule has 5 heterocycles. The van der Waals surface area contributed by atoms with Gasteiger partial charge in [-0.15, -0.1) is 0 Å². The van der Waals surface area contributed by atoms with Crippen LogP contribution < -0.4 is 10.9 Å². The molecule has 6 heteroatoms. The lowest BCUT2D eigenvalue weighted by Crippen LogP contribution is -2.53. The second kappa shape index (κ2) is 8.89. The Balaban J connectivity index is 1.42. The van der Waals surface area contributed by atoms with Crippen LogP contribution in [0.4, 0.5) is 5.69 Å². The minimum absolute atomic E-state index is 0.129. The van der Waals surface area contributed by atoms with Crippen LogP contribution in [-0.2, 0) is 6.42 Å². The van der Waals surface area contributed by atoms with Gasteiger partial charge in [-0.3, -0.25) is 4.79 Å². The number of piperidine rings is 3. The molecule has 3 aliphatic heterocycles. The number of para-hydroxylation sites is 2. The quantitative estimate of drug-likeness (QED) is 0.291. The number of fused-ring (bicyclic) bond motifs is 5. The zero-order valence-corrected chi connectivity index (χ0v) is 21.1. The van der Waals surface area contributed by atoms with E-state index in [0.29, 0.717) is 23.3 Å². The number of H-pyrrole nitrogens is 2. The van der Waals surface area contributed by atoms with E-state index in [4.69, 9.17) is 4.98 Å². The van der Waals surface area contributed by atoms with Gasteiger partial charge in [0.2, 0.25) is 0 Å². The van der Waals surface area contributed by atoms with Crippen LogP contribution >= 0.6 is 0 Å². The minimum atomic E-state index is -0.129. The zero-order valence-electron chi connectivity index (χ0n) is 21.1. The van der Waals surface area contributed by atoms with Gasteiger partial charge in [-0.2, -0.15) is 0 Å². The number of aromatic amines is 2. The molecule has 3 fully saturated rings. The smallest absolute Gasteiger partial charge is 0.261 e. The lowest BCUT2D eigenvalue weighted by atomic mass is 9.83. The number of nitrogens with zero attached hydrogens (tertiary/aromatic N) is 2. The standard InChI is InChI=1S/C31H31N5O/c1-2-19-7-9-20(10-8-19)22-11-12-24-23(17-22)29(32-27-18-36-15-13-21(27)14-16-36)28(31(37)35-24)30-33-25-5-3-4-6-26(25)34-30/h3-12,17,21,27H,2,13-16,18H2,1H3,(H,33,34)(H2,32,35,37)/t27-/m0/s1. The summed E-state index contributed by atoms with van der Waals surface area (Å²) >= 11 is 0. The van der Waals surface area contributed by atoms with E-state index in [1.54, 1.807) is 0 Å². The highest BCUT2D eigenvalue weighted by molar-refractivity contribution is 6.01. The van der Waals surface area contributed by atoms with Gasteiger partial charge in [0.05, 0.1) is 22.2 Å². The molecule has 0 amide bonds. The van der Waals surface area contributed by atoms with Gasteiger partial charge >= 0.3 is 0 Å². The molecule has 186 valence electrons. The van der Waals surface area contributed by atoms with E-state index in [0.717, 1.165) is 46.2 Å². The Hall–Kier alpha value is -3.90. The number of aryl methyl sites for hydroxylation is 1. The third-order valence-corrected chi connectivity index (χ3v) is 8.32. The molecule has 5 aromatic rings. The van der Waals surface area contributed by atoms with Crippen LogP contribution in [0.2, 0.25) is 0 Å². The second-order valence-electron chi connectivity index (χ2n) is 10.5. The highest BCUT2D eigenvalue weighted by Crippen LogP contribution is 2.37. The Morgan fingerprint density at radius 1 is 0.946 bits per heavy atom. The van der Waals surface area contributed by atoms with Crippen molar-refractivity contribution in [1.82, 2.24) is 19.9 Å². The SMILES string of the molecule is CCc1ccc(-c2ccc3[nH]c(=O)c(-c4nc5ccccc5[nH]4)c(N[C@H]4CN5CCC4CC5)c3c2)cc1. The maximum atomic E-state index is 13.6. The number of benzene rings is 3. The minimum Gasteiger partial charge on any atom is -0.379 e. The second-order valence-corrected chi connectivity index (χ2v) is 10.5. The molecule has 0 spiro atoms. The Bertz CT molecular complexity index is 1620. The molecule has 3 N–H and O–H groups in total. The molecule has 1 atom stereocenters. The Kier molecular flexibility index (Phi) is 5.36. The monoisotopic (exact) mass is 489 g/mol. The molecule has 2 aromatic heterocycles. The Morgan fingerprint density at radius 2 is 1.73 bits per heavy atom. The topological polar surface area (TPSA) is 76.8 Å². The first-order chi connectivity index (χ1) is 18.2. The van der Waals surface area contributed by atoms with E-state index in [1.807, 2.05) is 30.3 Å². The van der Waals surface area contributed by atoms with Crippen LogP contribution in [0.1, 0.15) is 25.3 Å². The van der Waals surface area contributed by atoms with Gasteiger partial charge in [-0.05, 0) is 79.2 Å². The third kappa shape index (κ3) is 3.92. The summed E-state index contributed by atoms with van der Waals surface area (Å²) in [4.78, 5) is 27.5. The lowest BCUT2D eigenvalue weighted by molar-refractivity contribution is 0.0976. The summed E-state index contributed by atoms with van der Waals surface area (Å²) in [5.74, 6) is 1.22. The molecule has 3 aliphatic rings. The van der Waals surface area contributed by atoms with Gasteiger partial charge in [0.15, 0.2) is 0 Å². The first-order valence-electron chi connectivity index (χ1n) is 13.4. The van der Waals surface area contributed by atoms with Gasteiger partial charge in [-0.1, -0.05) is 49.4 Å². The molecule has 3 saturated heterocycles. The van der Waals surface area contributed by atoms with Crippen LogP contribution in [0.15, 0.2) is 71.5 Å². The normalized spacial score (nSPS) is 21.1. The molecule has 37 heavy (non-hydrogen) atoms. The maximum absolute atomic E-state index is 13.6. The summed E-state index contributed by atoms with van der Waals surface area (Å²) in [6.07, 6.45) is 3.43. The van der Waals surface area contributed by atoms with Crippen molar-refractivity contribution in [3.63, 3.8) is 0 Å². The lowest BCUT2D eigenvalue weighted by Gasteiger charge is -2.45. The fourth-order valence-corrected chi connectivity index (χ4v) is 6.17. The largest absolute Gasteiger partial charge is 0.379 e. The van der Waals surface area contributed by atoms with Crippen molar-refractivity contribution < 1.29 is 0 Å². The number of hydrogen-bond donors (Lipinski definition) is 3. The van der Waals surface area contributed by atoms with Gasteiger partial charge in [0.25, 0.3) is 5.56 Å². The molecule has 8 rings (SSSR count). The number of nitrogens with one attached hydrogen (secondary N) is 3. The Labute approximate surface area is 215 Å². The van der Waals surface area contributed by atoms with E-state index < -0.39 is 0 Å². The van der Waals surface area contributed by atoms with E-state index >= 15 is 0 Å². The molecule has 2 bridgehead atoms. The highest BCUT2D eigenvalue weighted by Gasteiger charge is 2.35. The average Bonchev–Trinajstić information content (AvgIpc) is 3.37. The van der Waals surface area contributed by atoms with Gasteiger partial charge in [0.1, 0.15) is 11.4 Å². The third-order valence-electron chi connectivity index (χ3n) is 8.32. The first-order valence-corrected chi connectivity index (χ1v) is 13.4. The predicted molar refractivity (Wildman–Crippen MR) is 151 cm³/mol. The molecule has 0 radical (unpaired) electrons. The van der Waals surface area contributed by atoms with Crippen molar-refractivity contribution in [2.75, 3.05) is 25.0 Å². The van der Waals surface area contributed by atoms with E-state index in [-0.39, 0.29) is 5.56 Å². The van der Waals surface area contributed by atoms with Crippen molar-refractivity contribution in [1.29, 1.82) is 0 Å². The maximum Gasteiger partial charge on any atom is 0.261 e. The van der Waals surface area contributed by atoms with Crippen molar-refractivity contribution in [3.8, 4) is 22.5 Å². The number of rotatable bonds is 5. The van der Waals surface area contributed by atoms with Crippen molar-refractivity contribution in [2.45, 2.75) is 32.2 Å². The van der Waals surface area contributed by atoms with Crippen molar-refractivity contribution >= 4 is 27.6 Å². The van der Waals surface area contributed by atoms with Gasteiger partial charge in [-0.25, -0.2) is 4.98 Å². The number of imidazole rings is 1. The summed E-state index contributed by atoms with van der Waals surface area (Å²) < 4.78 is 0. The van der Waals surface area contributed by atoms with Crippen LogP contribution in [0.5, 0.6) is 0 Å². The fourth-order valence-electron chi connectivity index (χ4n) is 6.17. The van der Waals surface area contributed by atoms with Crippen LogP contribution in [0, 0.1) is 5.92 Å². The summed E-state index contributed by atoms with van der Waals surface area (Å²) in [6.45, 7) is 5.53. The summed E-state index contributed by atoms with van der Waals surface area (Å²) in [7, 11) is 0. The molecular weight excluding hydrogens is 458 g/mol. The van der Waals surface area contributed by atoms with Crippen LogP contribution in [0.25, 0.3) is 44.5 Å². The molecule has 0 unspecified atom stereocenters. The summed E-state index contributed by atoms with van der Waals surface area (Å²) in [5.41, 5.74) is 7.58.